The van der Waals surface area contributed by atoms with E-state index in [4.69, 9.17) is 0 Å². The fraction of sp³-hybridized carbons (Fsp3) is 0.167. The lowest BCUT2D eigenvalue weighted by Gasteiger charge is -2.03. The van der Waals surface area contributed by atoms with Crippen LogP contribution in [0.2, 0.25) is 0 Å². The largest absolute Gasteiger partial charge is 0.282 e. The van der Waals surface area contributed by atoms with Crippen molar-refractivity contribution >= 4 is 0 Å². The van der Waals surface area contributed by atoms with E-state index in [9.17, 15) is 4.39 Å². The van der Waals surface area contributed by atoms with Gasteiger partial charge in [0.05, 0.1) is 5.69 Å². The minimum atomic E-state index is -0.193. The second kappa shape index (κ2) is 5.52. The maximum absolute atomic E-state index is 13.1. The number of halogens is 1. The van der Waals surface area contributed by atoms with Crippen molar-refractivity contribution in [1.29, 1.82) is 0 Å². The number of benzene rings is 2. The second-order valence-corrected chi connectivity index (χ2v) is 5.34. The first-order valence-electron chi connectivity index (χ1n) is 6.99. The van der Waals surface area contributed by atoms with Crippen molar-refractivity contribution in [2.45, 2.75) is 20.3 Å². The summed E-state index contributed by atoms with van der Waals surface area (Å²) in [6.45, 7) is 4.00. The van der Waals surface area contributed by atoms with E-state index in [-0.39, 0.29) is 5.82 Å². The molecule has 0 unspecified atom stereocenters. The standard InChI is InChI=1S/C18H17FN2/c1-12-5-3-4-6-17(12)18-11-16(20-21-18)10-14-7-8-15(19)9-13(14)2/h3-9,11H,10H2,1-2H3,(H,20,21). The second-order valence-electron chi connectivity index (χ2n) is 5.34. The lowest BCUT2D eigenvalue weighted by atomic mass is 10.0. The molecule has 0 radical (unpaired) electrons. The molecule has 0 aliphatic heterocycles. The topological polar surface area (TPSA) is 28.7 Å². The van der Waals surface area contributed by atoms with Crippen molar-refractivity contribution in [3.05, 3.63) is 76.7 Å². The molecule has 1 heterocycles. The summed E-state index contributed by atoms with van der Waals surface area (Å²) in [7, 11) is 0. The molecular formula is C18H17FN2. The fourth-order valence-corrected chi connectivity index (χ4v) is 2.51. The van der Waals surface area contributed by atoms with Crippen molar-refractivity contribution in [2.75, 3.05) is 0 Å². The minimum absolute atomic E-state index is 0.193. The molecule has 0 amide bonds. The van der Waals surface area contributed by atoms with E-state index in [1.807, 2.05) is 25.1 Å². The SMILES string of the molecule is Cc1cc(F)ccc1Cc1cc(-c2ccccc2C)n[nH]1. The Kier molecular flexibility index (Phi) is 3.57. The number of rotatable bonds is 3. The van der Waals surface area contributed by atoms with Gasteiger partial charge in [-0.2, -0.15) is 5.10 Å². The third-order valence-electron chi connectivity index (χ3n) is 3.74. The van der Waals surface area contributed by atoms with E-state index < -0.39 is 0 Å². The van der Waals surface area contributed by atoms with Gasteiger partial charge in [-0.05, 0) is 48.7 Å². The van der Waals surface area contributed by atoms with Gasteiger partial charge in [-0.15, -0.1) is 0 Å². The Labute approximate surface area is 123 Å². The molecule has 1 N–H and O–H groups in total. The van der Waals surface area contributed by atoms with Gasteiger partial charge in [0, 0.05) is 17.7 Å². The minimum Gasteiger partial charge on any atom is -0.282 e. The first-order chi connectivity index (χ1) is 10.1. The van der Waals surface area contributed by atoms with Gasteiger partial charge in [-0.1, -0.05) is 30.3 Å². The summed E-state index contributed by atoms with van der Waals surface area (Å²) in [5.41, 5.74) is 6.38. The Hall–Kier alpha value is -2.42. The van der Waals surface area contributed by atoms with Gasteiger partial charge in [0.15, 0.2) is 0 Å². The van der Waals surface area contributed by atoms with Gasteiger partial charge >= 0.3 is 0 Å². The van der Waals surface area contributed by atoms with Crippen LogP contribution in [-0.4, -0.2) is 10.2 Å². The summed E-state index contributed by atoms with van der Waals surface area (Å²) >= 11 is 0. The Balaban J connectivity index is 1.87. The van der Waals surface area contributed by atoms with Gasteiger partial charge in [-0.25, -0.2) is 4.39 Å². The zero-order valence-electron chi connectivity index (χ0n) is 12.2. The Morgan fingerprint density at radius 3 is 2.57 bits per heavy atom. The molecule has 0 aliphatic carbocycles. The maximum Gasteiger partial charge on any atom is 0.123 e. The van der Waals surface area contributed by atoms with Crippen LogP contribution < -0.4 is 0 Å². The predicted molar refractivity (Wildman–Crippen MR) is 82.7 cm³/mol. The zero-order valence-corrected chi connectivity index (χ0v) is 12.2. The highest BCUT2D eigenvalue weighted by Gasteiger charge is 2.08. The van der Waals surface area contributed by atoms with Gasteiger partial charge in [0.1, 0.15) is 5.82 Å². The Bertz CT molecular complexity index is 774. The number of aryl methyl sites for hydroxylation is 2. The summed E-state index contributed by atoms with van der Waals surface area (Å²) in [6.07, 6.45) is 0.727. The average molecular weight is 280 g/mol. The summed E-state index contributed by atoms with van der Waals surface area (Å²) in [4.78, 5) is 0. The van der Waals surface area contributed by atoms with Crippen LogP contribution in [0.5, 0.6) is 0 Å². The van der Waals surface area contributed by atoms with E-state index in [0.29, 0.717) is 0 Å². The Morgan fingerprint density at radius 2 is 1.81 bits per heavy atom. The van der Waals surface area contributed by atoms with Crippen LogP contribution >= 0.6 is 0 Å². The average Bonchev–Trinajstić information content (AvgIpc) is 2.91. The lowest BCUT2D eigenvalue weighted by Crippen LogP contribution is -1.93. The molecule has 0 saturated carbocycles. The van der Waals surface area contributed by atoms with E-state index in [2.05, 4.69) is 35.3 Å². The zero-order chi connectivity index (χ0) is 14.8. The molecule has 0 atom stereocenters. The molecule has 0 aliphatic rings. The first kappa shape index (κ1) is 13.6. The van der Waals surface area contributed by atoms with Gasteiger partial charge in [-0.3, -0.25) is 5.10 Å². The van der Waals surface area contributed by atoms with Crippen LogP contribution in [0.25, 0.3) is 11.3 Å². The summed E-state index contributed by atoms with van der Waals surface area (Å²) in [5, 5.41) is 7.47. The molecular weight excluding hydrogens is 263 g/mol. The first-order valence-corrected chi connectivity index (χ1v) is 6.99. The lowest BCUT2D eigenvalue weighted by molar-refractivity contribution is 0.625. The predicted octanol–water partition coefficient (Wildman–Crippen LogP) is 4.42. The van der Waals surface area contributed by atoms with Crippen LogP contribution in [0.4, 0.5) is 4.39 Å². The molecule has 0 fully saturated rings. The number of nitrogens with one attached hydrogen (secondary N) is 1. The van der Waals surface area contributed by atoms with Crippen LogP contribution in [0, 0.1) is 19.7 Å². The molecule has 0 saturated heterocycles. The summed E-state index contributed by atoms with van der Waals surface area (Å²) in [5.74, 6) is -0.193. The summed E-state index contributed by atoms with van der Waals surface area (Å²) < 4.78 is 13.1. The van der Waals surface area contributed by atoms with Gasteiger partial charge < -0.3 is 0 Å². The number of aromatic amines is 1. The number of aromatic nitrogens is 2. The van der Waals surface area contributed by atoms with Crippen LogP contribution in [0.15, 0.2) is 48.5 Å². The van der Waals surface area contributed by atoms with Crippen LogP contribution in [0.1, 0.15) is 22.4 Å². The van der Waals surface area contributed by atoms with Crippen molar-refractivity contribution in [3.8, 4) is 11.3 Å². The molecule has 3 rings (SSSR count). The smallest absolute Gasteiger partial charge is 0.123 e. The maximum atomic E-state index is 13.1. The van der Waals surface area contributed by atoms with E-state index in [1.54, 1.807) is 6.07 Å². The third-order valence-corrected chi connectivity index (χ3v) is 3.74. The summed E-state index contributed by atoms with van der Waals surface area (Å²) in [6, 6.07) is 15.1. The normalized spacial score (nSPS) is 10.8. The highest BCUT2D eigenvalue weighted by Crippen LogP contribution is 2.23. The van der Waals surface area contributed by atoms with Crippen LogP contribution in [0.3, 0.4) is 0 Å². The number of H-pyrrole nitrogens is 1. The van der Waals surface area contributed by atoms with Crippen molar-refractivity contribution in [1.82, 2.24) is 10.2 Å². The number of hydrogen-bond acceptors (Lipinski definition) is 1. The van der Waals surface area contributed by atoms with Crippen molar-refractivity contribution in [3.63, 3.8) is 0 Å². The molecule has 0 spiro atoms. The Morgan fingerprint density at radius 1 is 1.00 bits per heavy atom. The molecule has 2 nitrogen and oxygen atoms in total. The van der Waals surface area contributed by atoms with Gasteiger partial charge in [0.2, 0.25) is 0 Å². The van der Waals surface area contributed by atoms with Crippen molar-refractivity contribution in [2.24, 2.45) is 0 Å². The molecule has 21 heavy (non-hydrogen) atoms. The van der Waals surface area contributed by atoms with Crippen LogP contribution in [-0.2, 0) is 6.42 Å². The molecule has 0 bridgehead atoms. The monoisotopic (exact) mass is 280 g/mol. The highest BCUT2D eigenvalue weighted by atomic mass is 19.1. The fourth-order valence-electron chi connectivity index (χ4n) is 2.51. The van der Waals surface area contributed by atoms with E-state index in [0.717, 1.165) is 34.5 Å². The van der Waals surface area contributed by atoms with E-state index in [1.165, 1.54) is 11.6 Å². The molecule has 106 valence electrons. The third kappa shape index (κ3) is 2.87. The molecule has 3 aromatic rings. The highest BCUT2D eigenvalue weighted by molar-refractivity contribution is 5.63. The van der Waals surface area contributed by atoms with Crippen molar-refractivity contribution < 1.29 is 4.39 Å². The molecule has 1 aromatic heterocycles. The number of nitrogens with zero attached hydrogens (tertiary/aromatic N) is 1. The molecule has 2 aromatic carbocycles. The molecule has 3 heteroatoms. The van der Waals surface area contributed by atoms with E-state index >= 15 is 0 Å². The van der Waals surface area contributed by atoms with Gasteiger partial charge in [0.25, 0.3) is 0 Å². The number of hydrogen-bond donors (Lipinski definition) is 1. The quantitative estimate of drug-likeness (QED) is 0.755.